The summed E-state index contributed by atoms with van der Waals surface area (Å²) in [4.78, 5) is 73.2. The van der Waals surface area contributed by atoms with Crippen LogP contribution in [-0.2, 0) is 61.9 Å². The number of nitrogens with zero attached hydrogens (tertiary/aromatic N) is 1. The monoisotopic (exact) mass is 1120 g/mol. The Bertz CT molecular complexity index is 2050. The number of allylic oxidation sites excluding steroid dienone is 6. The van der Waals surface area contributed by atoms with E-state index in [0.717, 1.165) is 12.0 Å². The maximum Gasteiger partial charge on any atom is 0.329 e. The number of aliphatic hydroxyl groups is 4. The Labute approximate surface area is 471 Å². The van der Waals surface area contributed by atoms with E-state index in [1.54, 1.807) is 34.0 Å². The molecule has 0 unspecified atom stereocenters. The predicted octanol–water partition coefficient (Wildman–Crippen LogP) is 6.76. The summed E-state index contributed by atoms with van der Waals surface area (Å²) in [7, 11) is 3.02. The second-order valence-electron chi connectivity index (χ2n) is 23.5. The number of rotatable bonds is 18. The number of cyclic esters (lactones) is 1. The van der Waals surface area contributed by atoms with Crippen LogP contribution in [0, 0.1) is 35.5 Å². The lowest BCUT2D eigenvalue weighted by Gasteiger charge is -2.43. The molecule has 3 fully saturated rings. The topological polar surface area (TPSA) is 243 Å². The number of fused-ring (bicyclic) bond motifs is 3. The maximum absolute atomic E-state index is 14.7. The third-order valence-corrected chi connectivity index (χ3v) is 16.5. The number of aliphatic hydroxyl groups excluding tert-OH is 3. The number of piperidine rings is 1. The highest BCUT2D eigenvalue weighted by Crippen LogP contribution is 2.39. The van der Waals surface area contributed by atoms with Crippen LogP contribution >= 0.6 is 0 Å². The van der Waals surface area contributed by atoms with E-state index < -0.39 is 83.4 Å². The van der Waals surface area contributed by atoms with Gasteiger partial charge in [0, 0.05) is 58.0 Å². The number of methoxy groups -OCH3 is 2. The summed E-state index contributed by atoms with van der Waals surface area (Å²) in [6.45, 7) is 18.0. The third kappa shape index (κ3) is 20.7. The summed E-state index contributed by atoms with van der Waals surface area (Å²) in [6.07, 6.45) is 11.6. The van der Waals surface area contributed by atoms with Crippen molar-refractivity contribution in [1.82, 2.24) is 4.90 Å². The van der Waals surface area contributed by atoms with E-state index in [4.69, 9.17) is 43.0 Å². The fourth-order valence-electron chi connectivity index (χ4n) is 11.5. The molecule has 1 aliphatic carbocycles. The second kappa shape index (κ2) is 33.5. The highest BCUT2D eigenvalue weighted by molar-refractivity contribution is 6.39. The summed E-state index contributed by atoms with van der Waals surface area (Å²) in [5.41, 5.74) is 0.437. The maximum atomic E-state index is 14.7. The Morgan fingerprint density at radius 3 is 2.20 bits per heavy atom. The number of carbonyl (C=O) groups excluding carboxylic acids is 5. The first-order valence-corrected chi connectivity index (χ1v) is 29.1. The molecule has 3 aliphatic heterocycles. The van der Waals surface area contributed by atoms with Gasteiger partial charge in [0.05, 0.1) is 69.7 Å². The van der Waals surface area contributed by atoms with Crippen LogP contribution in [0.25, 0.3) is 0 Å². The number of hydrogen-bond donors (Lipinski definition) is 4. The van der Waals surface area contributed by atoms with Gasteiger partial charge in [-0.15, -0.1) is 0 Å². The van der Waals surface area contributed by atoms with Gasteiger partial charge in [-0.2, -0.15) is 0 Å². The molecule has 0 aromatic carbocycles. The van der Waals surface area contributed by atoms with Crippen molar-refractivity contribution >= 4 is 29.2 Å². The first kappa shape index (κ1) is 68.0. The SMILES string of the molecule is CO[C@@H]1C[C@H](C[C@@H](C)[C@@H]2CC(=O)[C@H](C)/C=C(\C)[C@@H](O)[C@@H](OC)C(=O)[C@H](C)C[C@H](C)/C=C/C=C/C=C(\C)[C@@H](OC(C)(C)CCO)C[C@@H]3CC[C@@H](C)[C@@](O)(O3)C(=O)C(=O)N3CCCC[C@H]3C(=O)O2)CC[C@H]1OCCOCCOCCO. The number of esters is 1. The molecule has 0 aromatic rings. The quantitative estimate of drug-likeness (QED) is 0.0479. The van der Waals surface area contributed by atoms with Crippen LogP contribution in [0.5, 0.6) is 0 Å². The van der Waals surface area contributed by atoms with Crippen LogP contribution in [0.4, 0.5) is 0 Å². The van der Waals surface area contributed by atoms with Gasteiger partial charge in [-0.05, 0) is 127 Å². The number of carbonyl (C=O) groups is 5. The van der Waals surface area contributed by atoms with Crippen molar-refractivity contribution in [3.05, 3.63) is 47.6 Å². The van der Waals surface area contributed by atoms with Crippen molar-refractivity contribution < 1.29 is 82.3 Å². The molecule has 4 N–H and O–H groups in total. The summed E-state index contributed by atoms with van der Waals surface area (Å²) < 4.78 is 47.9. The van der Waals surface area contributed by atoms with Crippen LogP contribution < -0.4 is 0 Å². The minimum atomic E-state index is -2.50. The van der Waals surface area contributed by atoms with Gasteiger partial charge in [0.2, 0.25) is 5.79 Å². The molecule has 79 heavy (non-hydrogen) atoms. The molecule has 2 saturated heterocycles. The van der Waals surface area contributed by atoms with E-state index in [1.165, 1.54) is 12.0 Å². The smallest absolute Gasteiger partial charge is 0.329 e. The van der Waals surface area contributed by atoms with Crippen molar-refractivity contribution in [3.63, 3.8) is 0 Å². The average molecular weight is 1120 g/mol. The molecular weight excluding hydrogens is 1020 g/mol. The van der Waals surface area contributed by atoms with Crippen molar-refractivity contribution in [1.29, 1.82) is 0 Å². The van der Waals surface area contributed by atoms with Gasteiger partial charge in [-0.25, -0.2) is 4.79 Å². The zero-order valence-electron chi connectivity index (χ0n) is 49.4. The van der Waals surface area contributed by atoms with Crippen LogP contribution in [0.2, 0.25) is 0 Å². The molecule has 2 bridgehead atoms. The fourth-order valence-corrected chi connectivity index (χ4v) is 11.5. The van der Waals surface area contributed by atoms with E-state index in [-0.39, 0.29) is 87.2 Å². The zero-order valence-corrected chi connectivity index (χ0v) is 49.4. The fraction of sp³-hybridized carbons (Fsp3) is 0.787. The van der Waals surface area contributed by atoms with Crippen LogP contribution in [0.3, 0.4) is 0 Å². The number of Topliss-reactive ketones (excluding diaryl/α,β-unsaturated/α-hetero) is 3. The Kier molecular flexibility index (Phi) is 28.9. The van der Waals surface area contributed by atoms with Crippen molar-refractivity contribution in [2.75, 3.05) is 67.0 Å². The van der Waals surface area contributed by atoms with Crippen molar-refractivity contribution in [3.8, 4) is 0 Å². The molecule has 450 valence electrons. The molecule has 0 spiro atoms. The van der Waals surface area contributed by atoms with Gasteiger partial charge >= 0.3 is 5.97 Å². The summed E-state index contributed by atoms with van der Waals surface area (Å²) >= 11 is 0. The molecular formula is C61H99NO17. The van der Waals surface area contributed by atoms with Gasteiger partial charge in [0.1, 0.15) is 30.1 Å². The molecule has 18 nitrogen and oxygen atoms in total. The molecule has 1 amide bonds. The van der Waals surface area contributed by atoms with Gasteiger partial charge in [-0.1, -0.05) is 71.1 Å². The number of hydrogen-bond acceptors (Lipinski definition) is 17. The minimum Gasteiger partial charge on any atom is -0.460 e. The first-order valence-electron chi connectivity index (χ1n) is 29.1. The van der Waals surface area contributed by atoms with E-state index in [9.17, 15) is 39.3 Å². The number of ether oxygens (including phenoxy) is 8. The van der Waals surface area contributed by atoms with Crippen molar-refractivity contribution in [2.45, 2.75) is 206 Å². The lowest BCUT2D eigenvalue weighted by molar-refractivity contribution is -0.267. The Balaban J connectivity index is 1.68. The largest absolute Gasteiger partial charge is 0.460 e. The molecule has 4 rings (SSSR count). The van der Waals surface area contributed by atoms with Gasteiger partial charge in [0.15, 0.2) is 5.78 Å². The van der Waals surface area contributed by atoms with E-state index in [2.05, 4.69) is 0 Å². The lowest BCUT2D eigenvalue weighted by atomic mass is 9.78. The summed E-state index contributed by atoms with van der Waals surface area (Å²) in [6, 6.07) is -1.18. The Morgan fingerprint density at radius 1 is 0.810 bits per heavy atom. The lowest BCUT2D eigenvalue weighted by Crippen LogP contribution is -2.61. The van der Waals surface area contributed by atoms with Gasteiger partial charge in [-0.3, -0.25) is 19.2 Å². The second-order valence-corrected chi connectivity index (χ2v) is 23.5. The van der Waals surface area contributed by atoms with E-state index in [0.29, 0.717) is 89.8 Å². The van der Waals surface area contributed by atoms with Crippen LogP contribution in [0.1, 0.15) is 146 Å². The normalized spacial score (nSPS) is 35.6. The molecule has 3 heterocycles. The summed E-state index contributed by atoms with van der Waals surface area (Å²) in [5.74, 6) is -8.33. The zero-order chi connectivity index (χ0) is 58.5. The van der Waals surface area contributed by atoms with Crippen LogP contribution in [0.15, 0.2) is 47.6 Å². The van der Waals surface area contributed by atoms with E-state index in [1.807, 2.05) is 71.9 Å². The standard InChI is InChI=1S/C61H99NO17/c1-39-17-13-12-14-18-40(2)52(79-60(8,9)24-26-63)37-47-22-20-45(7)61(71,78-47)57(68)58(69)62-25-16-15-19-48(62)59(70)77-51(38-49(65)41(3)34-44(6)55(67)56(73-11)54(66)43(5)33-39)42(4)35-46-21-23-50(53(36-46)72-10)76-32-31-75-30-29-74-28-27-64/h12-14,17-18,34,39,41-43,45-48,50-53,55-56,63-64,67,71H,15-16,19-33,35-38H2,1-11H3/b14-12+,17-13+,40-18+,44-34+/t39-,41-,42-,43-,45-,46+,47+,48+,50-,51+,52+,53-,55-,56+,61-/m1/s1. The average Bonchev–Trinajstić information content (AvgIpc) is 3.44. The molecule has 1 saturated carbocycles. The van der Waals surface area contributed by atoms with Gasteiger partial charge in [0.25, 0.3) is 11.7 Å². The van der Waals surface area contributed by atoms with Gasteiger partial charge < -0.3 is 63.2 Å². The molecule has 15 atom stereocenters. The minimum absolute atomic E-state index is 0.0232. The molecule has 18 heteroatoms. The number of amides is 1. The highest BCUT2D eigenvalue weighted by Gasteiger charge is 2.53. The number of ketones is 3. The Morgan fingerprint density at radius 2 is 1.52 bits per heavy atom. The van der Waals surface area contributed by atoms with Crippen LogP contribution in [-0.4, -0.2) is 182 Å². The predicted molar refractivity (Wildman–Crippen MR) is 297 cm³/mol. The first-order chi connectivity index (χ1) is 37.5. The molecule has 0 aromatic heterocycles. The highest BCUT2D eigenvalue weighted by atomic mass is 16.6. The third-order valence-electron chi connectivity index (χ3n) is 16.5. The van der Waals surface area contributed by atoms with E-state index >= 15 is 0 Å². The van der Waals surface area contributed by atoms with Crippen molar-refractivity contribution in [2.24, 2.45) is 35.5 Å². The Hall–Kier alpha value is -3.53. The summed E-state index contributed by atoms with van der Waals surface area (Å²) in [5, 5.41) is 42.6. The molecule has 4 aliphatic rings. The molecule has 0 radical (unpaired) electrons.